The number of fused-ring (bicyclic) bond motifs is 1. The molecule has 0 atom stereocenters. The number of ether oxygens (including phenoxy) is 2. The van der Waals surface area contributed by atoms with Crippen LogP contribution in [0.4, 0.5) is 5.69 Å². The molecule has 7 heteroatoms. The van der Waals surface area contributed by atoms with E-state index in [4.69, 9.17) is 13.9 Å². The predicted octanol–water partition coefficient (Wildman–Crippen LogP) is 6.12. The molecule has 0 spiro atoms. The van der Waals surface area contributed by atoms with Gasteiger partial charge in [-0.25, -0.2) is 0 Å². The van der Waals surface area contributed by atoms with Gasteiger partial charge in [-0.05, 0) is 60.7 Å². The minimum Gasteiger partial charge on any atom is -0.493 e. The number of piperazine rings is 1. The van der Waals surface area contributed by atoms with Crippen molar-refractivity contribution in [3.05, 3.63) is 72.3 Å². The first-order chi connectivity index (χ1) is 18.1. The van der Waals surface area contributed by atoms with E-state index in [1.54, 1.807) is 26.0 Å². The lowest BCUT2D eigenvalue weighted by Gasteiger charge is -2.36. The topological polar surface area (TPSA) is 55.2 Å². The molecule has 4 aromatic rings. The molecule has 1 fully saturated rings. The van der Waals surface area contributed by atoms with Gasteiger partial charge in [0.2, 0.25) is 5.91 Å². The van der Waals surface area contributed by atoms with E-state index in [0.717, 1.165) is 58.9 Å². The fraction of sp³-hybridized carbons (Fsp3) is 0.300. The van der Waals surface area contributed by atoms with Crippen molar-refractivity contribution in [3.8, 4) is 22.8 Å². The van der Waals surface area contributed by atoms with Crippen molar-refractivity contribution in [1.29, 1.82) is 0 Å². The van der Waals surface area contributed by atoms with Gasteiger partial charge in [-0.1, -0.05) is 24.3 Å². The van der Waals surface area contributed by atoms with E-state index in [9.17, 15) is 4.79 Å². The van der Waals surface area contributed by atoms with Crippen molar-refractivity contribution in [2.24, 2.45) is 0 Å². The maximum atomic E-state index is 13.0. The van der Waals surface area contributed by atoms with Gasteiger partial charge in [-0.3, -0.25) is 4.79 Å². The highest BCUT2D eigenvalue weighted by Crippen LogP contribution is 2.42. The lowest BCUT2D eigenvalue weighted by Crippen LogP contribution is -2.48. The summed E-state index contributed by atoms with van der Waals surface area (Å²) in [5, 5.41) is 1.07. The van der Waals surface area contributed by atoms with E-state index in [1.807, 2.05) is 35.2 Å². The van der Waals surface area contributed by atoms with Crippen LogP contribution in [0.5, 0.6) is 11.5 Å². The molecule has 0 saturated carbocycles. The summed E-state index contributed by atoms with van der Waals surface area (Å²) < 4.78 is 17.1. The average Bonchev–Trinajstić information content (AvgIpc) is 3.34. The number of aryl methyl sites for hydroxylation is 1. The molecule has 0 radical (unpaired) electrons. The summed E-state index contributed by atoms with van der Waals surface area (Å²) >= 11 is 1.66. The second-order valence-electron chi connectivity index (χ2n) is 9.07. The van der Waals surface area contributed by atoms with Gasteiger partial charge in [0, 0.05) is 49.2 Å². The second-order valence-corrected chi connectivity index (χ2v) is 9.88. The van der Waals surface area contributed by atoms with E-state index in [0.29, 0.717) is 24.3 Å². The predicted molar refractivity (Wildman–Crippen MR) is 150 cm³/mol. The number of carbonyl (C=O) groups excluding carboxylic acids is 1. The highest BCUT2D eigenvalue weighted by molar-refractivity contribution is 7.99. The highest BCUT2D eigenvalue weighted by atomic mass is 32.2. The van der Waals surface area contributed by atoms with Crippen LogP contribution < -0.4 is 14.4 Å². The Morgan fingerprint density at radius 1 is 0.919 bits per heavy atom. The lowest BCUT2D eigenvalue weighted by molar-refractivity contribution is -0.131. The lowest BCUT2D eigenvalue weighted by atomic mass is 10.1. The molecule has 3 aromatic carbocycles. The Balaban J connectivity index is 1.27. The molecule has 1 aliphatic heterocycles. The highest BCUT2D eigenvalue weighted by Gasteiger charge is 2.22. The van der Waals surface area contributed by atoms with Gasteiger partial charge < -0.3 is 23.7 Å². The molecule has 37 heavy (non-hydrogen) atoms. The molecule has 0 N–H and O–H groups in total. The van der Waals surface area contributed by atoms with Crippen LogP contribution in [0.15, 0.2) is 76.0 Å². The maximum Gasteiger partial charge on any atom is 0.223 e. The van der Waals surface area contributed by atoms with Gasteiger partial charge in [-0.15, -0.1) is 11.8 Å². The molecule has 5 rings (SSSR count). The van der Waals surface area contributed by atoms with E-state index in [1.165, 1.54) is 5.69 Å². The number of hydrogen-bond donors (Lipinski definition) is 0. The van der Waals surface area contributed by atoms with Crippen LogP contribution in [0.3, 0.4) is 0 Å². The molecule has 6 nitrogen and oxygen atoms in total. The van der Waals surface area contributed by atoms with Gasteiger partial charge in [0.15, 0.2) is 11.5 Å². The number of anilines is 1. The molecule has 1 saturated heterocycles. The molecule has 192 valence electrons. The zero-order valence-corrected chi connectivity index (χ0v) is 22.3. The number of hydrogen-bond acceptors (Lipinski definition) is 6. The van der Waals surface area contributed by atoms with Crippen LogP contribution in [-0.2, 0) is 11.2 Å². The van der Waals surface area contributed by atoms with Crippen molar-refractivity contribution >= 4 is 34.3 Å². The molecule has 0 aliphatic carbocycles. The molecule has 1 amide bonds. The zero-order valence-electron chi connectivity index (χ0n) is 21.5. The van der Waals surface area contributed by atoms with Crippen molar-refractivity contribution in [3.63, 3.8) is 0 Å². The third-order valence-electron chi connectivity index (χ3n) is 6.94. The summed E-state index contributed by atoms with van der Waals surface area (Å²) in [5.74, 6) is 2.38. The third kappa shape index (κ3) is 5.27. The van der Waals surface area contributed by atoms with Gasteiger partial charge in [-0.2, -0.15) is 0 Å². The van der Waals surface area contributed by atoms with Crippen molar-refractivity contribution in [2.45, 2.75) is 17.7 Å². The fourth-order valence-corrected chi connectivity index (χ4v) is 5.63. The van der Waals surface area contributed by atoms with Gasteiger partial charge in [0.25, 0.3) is 0 Å². The minimum absolute atomic E-state index is 0.219. The molecule has 1 aromatic heterocycles. The number of carbonyl (C=O) groups is 1. The van der Waals surface area contributed by atoms with E-state index in [2.05, 4.69) is 47.6 Å². The fourth-order valence-electron chi connectivity index (χ4n) is 4.91. The van der Waals surface area contributed by atoms with Gasteiger partial charge >= 0.3 is 0 Å². The molecule has 0 unspecified atom stereocenters. The largest absolute Gasteiger partial charge is 0.493 e. The summed E-state index contributed by atoms with van der Waals surface area (Å²) in [6.07, 6.45) is 3.27. The Hall–Kier alpha value is -3.58. The first-order valence-electron chi connectivity index (χ1n) is 12.5. The number of furan rings is 1. The molecular weight excluding hydrogens is 484 g/mol. The number of nitrogens with zero attached hydrogens (tertiary/aromatic N) is 2. The summed E-state index contributed by atoms with van der Waals surface area (Å²) in [4.78, 5) is 18.4. The van der Waals surface area contributed by atoms with Crippen LogP contribution in [-0.4, -0.2) is 57.5 Å². The first kappa shape index (κ1) is 25.1. The van der Waals surface area contributed by atoms with Crippen LogP contribution in [0.2, 0.25) is 0 Å². The Labute approximate surface area is 222 Å². The monoisotopic (exact) mass is 516 g/mol. The second kappa shape index (κ2) is 11.2. The Morgan fingerprint density at radius 2 is 1.68 bits per heavy atom. The number of methoxy groups -OCH3 is 2. The Bertz CT molecular complexity index is 1380. The van der Waals surface area contributed by atoms with Crippen molar-refractivity contribution in [1.82, 2.24) is 4.90 Å². The van der Waals surface area contributed by atoms with Crippen LogP contribution in [0.1, 0.15) is 12.0 Å². The minimum atomic E-state index is 0.219. The first-order valence-corrected chi connectivity index (χ1v) is 13.7. The maximum absolute atomic E-state index is 13.0. The summed E-state index contributed by atoms with van der Waals surface area (Å²) in [5.41, 5.74) is 4.13. The SMILES string of the molecule is COc1ccc(-c2oc3ccc(CCC(=O)N4CCN(c5ccccc5)CC4)cc3c2SC)cc1OC. The zero-order chi connectivity index (χ0) is 25.8. The van der Waals surface area contributed by atoms with Crippen LogP contribution in [0, 0.1) is 0 Å². The van der Waals surface area contributed by atoms with Crippen LogP contribution >= 0.6 is 11.8 Å². The Morgan fingerprint density at radius 3 is 2.38 bits per heavy atom. The van der Waals surface area contributed by atoms with Crippen molar-refractivity contribution in [2.75, 3.05) is 51.6 Å². The number of amides is 1. The summed E-state index contributed by atoms with van der Waals surface area (Å²) in [7, 11) is 3.26. The average molecular weight is 517 g/mol. The standard InChI is InChI=1S/C30H32N2O4S/c1-34-26-13-11-22(20-27(26)35-2)29-30(37-3)24-19-21(9-12-25(24)36-29)10-14-28(33)32-17-15-31(16-18-32)23-7-5-4-6-8-23/h4-9,11-13,19-20H,10,14-18H2,1-3H3. The molecule has 2 heterocycles. The van der Waals surface area contributed by atoms with E-state index >= 15 is 0 Å². The Kier molecular flexibility index (Phi) is 7.60. The molecule has 0 bridgehead atoms. The number of para-hydroxylation sites is 1. The number of thioether (sulfide) groups is 1. The van der Waals surface area contributed by atoms with Crippen molar-refractivity contribution < 1.29 is 18.7 Å². The summed E-state index contributed by atoms with van der Waals surface area (Å²) in [6, 6.07) is 22.5. The van der Waals surface area contributed by atoms with E-state index < -0.39 is 0 Å². The smallest absolute Gasteiger partial charge is 0.223 e. The molecule has 1 aliphatic rings. The normalized spacial score (nSPS) is 13.7. The van der Waals surface area contributed by atoms with Gasteiger partial charge in [0.05, 0.1) is 19.1 Å². The van der Waals surface area contributed by atoms with Gasteiger partial charge in [0.1, 0.15) is 11.3 Å². The number of benzene rings is 3. The van der Waals surface area contributed by atoms with E-state index in [-0.39, 0.29) is 5.91 Å². The molecular formula is C30H32N2O4S. The third-order valence-corrected chi connectivity index (χ3v) is 7.75. The summed E-state index contributed by atoms with van der Waals surface area (Å²) in [6.45, 7) is 3.26. The quantitative estimate of drug-likeness (QED) is 0.263. The number of rotatable bonds is 8. The van der Waals surface area contributed by atoms with Crippen LogP contribution in [0.25, 0.3) is 22.3 Å².